The highest BCUT2D eigenvalue weighted by atomic mass is 16.8. The van der Waals surface area contributed by atoms with E-state index in [1.807, 2.05) is 0 Å². The van der Waals surface area contributed by atoms with E-state index in [1.54, 1.807) is 31.4 Å². The van der Waals surface area contributed by atoms with Crippen LogP contribution in [-0.2, 0) is 47.4 Å². The van der Waals surface area contributed by atoms with Gasteiger partial charge < -0.3 is 47.7 Å². The van der Waals surface area contributed by atoms with Gasteiger partial charge >= 0.3 is 0 Å². The molecule has 1 N–H and O–H groups in total. The zero-order valence-corrected chi connectivity index (χ0v) is 35.8. The smallest absolute Gasteiger partial charge is 0.261 e. The van der Waals surface area contributed by atoms with Gasteiger partial charge in [-0.1, -0.05) is 32.2 Å². The molecule has 0 radical (unpaired) electrons. The van der Waals surface area contributed by atoms with E-state index in [2.05, 4.69) is 20.1 Å². The number of carbonyl (C=O) groups is 3. The lowest BCUT2D eigenvalue weighted by molar-refractivity contribution is -0.292. The number of benzene rings is 1. The fourth-order valence-corrected chi connectivity index (χ4v) is 12.9. The lowest BCUT2D eigenvalue weighted by Crippen LogP contribution is -2.61. The molecule has 12 rings (SSSR count). The number of rotatable bonds is 5. The molecule has 5 unspecified atom stereocenters. The Balaban J connectivity index is 0.851. The molecule has 1 aromatic carbocycles. The maximum absolute atomic E-state index is 14.3. The number of ether oxygens (including phenoxy) is 9. The van der Waals surface area contributed by atoms with E-state index in [1.165, 1.54) is 0 Å². The topological polar surface area (TPSA) is 158 Å². The highest BCUT2D eigenvalue weighted by molar-refractivity contribution is 6.21. The number of imide groups is 1. The zero-order chi connectivity index (χ0) is 42.6. The number of carbonyl (C=O) groups excluding carboxylic acids is 3. The van der Waals surface area contributed by atoms with Crippen LogP contribution in [0.15, 0.2) is 48.6 Å². The predicted octanol–water partition coefficient (Wildman–Crippen LogP) is 4.78. The molecule has 19 atom stereocenters. The molecule has 14 heteroatoms. The van der Waals surface area contributed by atoms with Crippen molar-refractivity contribution in [1.82, 2.24) is 4.90 Å². The van der Waals surface area contributed by atoms with E-state index in [0.717, 1.165) is 54.6 Å². The first-order chi connectivity index (χ1) is 29.9. The lowest BCUT2D eigenvalue weighted by atomic mass is 9.81. The summed E-state index contributed by atoms with van der Waals surface area (Å²) < 4.78 is 60.5. The molecule has 12 bridgehead atoms. The number of Topliss-reactive ketones (excluding diaryl/α,β-unsaturated/α-hetero) is 1. The number of amides is 2. The molecule has 10 fully saturated rings. The third-order valence-electron chi connectivity index (χ3n) is 16.0. The fraction of sp³-hybridized carbons (Fsp3) is 0.729. The van der Waals surface area contributed by atoms with Gasteiger partial charge in [-0.05, 0) is 74.1 Å². The van der Waals surface area contributed by atoms with Gasteiger partial charge in [-0.3, -0.25) is 19.3 Å². The summed E-state index contributed by atoms with van der Waals surface area (Å²) in [5, 5.41) is 11.5. The summed E-state index contributed by atoms with van der Waals surface area (Å²) in [6, 6.07) is 6.69. The largest absolute Gasteiger partial charge is 0.391 e. The standard InChI is InChI=1S/C48H61NO13/c1-23-15-28-9-11-34-24(2)16-30(55-34)13-14-48-21-39-42(61-48)43-44(60-39)45(62-48)41-35(59-43)12-10-29(57-41)17-26(50)18-33-37(20-36(56-28)25(23)3)58-38(40(33)54-4)19-27(51)22-49-46(52)31-7-5-6-8-32(31)47(49)53/h5-8,23,27-30,33-45,51H,2-3,9-22H2,1,4H3/t23-,27+,28+,29?,30+,33+,34?,35+,36?,37+,38?,39-,40-,41+,42+,43+,44-,45+,48?/m1/s1. The second kappa shape index (κ2) is 16.2. The average molecular weight is 860 g/mol. The van der Waals surface area contributed by atoms with Crippen LogP contribution in [0.1, 0.15) is 111 Å². The molecular weight excluding hydrogens is 799 g/mol. The van der Waals surface area contributed by atoms with Crippen LogP contribution < -0.4 is 0 Å². The van der Waals surface area contributed by atoms with Gasteiger partial charge in [-0.25, -0.2) is 0 Å². The number of hydrogen-bond donors (Lipinski definition) is 1. The molecule has 14 nitrogen and oxygen atoms in total. The van der Waals surface area contributed by atoms with Crippen LogP contribution in [0.2, 0.25) is 0 Å². The summed E-state index contributed by atoms with van der Waals surface area (Å²) in [7, 11) is 1.61. The normalized spacial score (nSPS) is 46.8. The van der Waals surface area contributed by atoms with Gasteiger partial charge in [0.2, 0.25) is 0 Å². The van der Waals surface area contributed by atoms with Gasteiger partial charge in [-0.15, -0.1) is 0 Å². The van der Waals surface area contributed by atoms with E-state index in [9.17, 15) is 19.5 Å². The van der Waals surface area contributed by atoms with Gasteiger partial charge in [-0.2, -0.15) is 0 Å². The van der Waals surface area contributed by atoms with E-state index in [-0.39, 0.29) is 111 Å². The first kappa shape index (κ1) is 41.8. The summed E-state index contributed by atoms with van der Waals surface area (Å²) in [5.74, 6) is -1.81. The SMILES string of the molecule is C=C1C[C@@H]2CCC34C[C@H]5O[C@H]6[C@@H](O3)[C@H]3OC(CC[C@@H]3O[C@H]6[C@H]5O4)CC(=O)C[C@H]3[C@H](CC4O[C@@H](CCC1O2)C[C@@H](C)C4=C)OC(C[C@H](O)CN1C(=O)c2ccccc2C1=O)[C@@H]3OC. The summed E-state index contributed by atoms with van der Waals surface area (Å²) in [4.78, 5) is 41.8. The molecule has 336 valence electrons. The Hall–Kier alpha value is -2.89. The van der Waals surface area contributed by atoms with Crippen molar-refractivity contribution in [2.24, 2.45) is 11.8 Å². The Morgan fingerprint density at radius 3 is 2.26 bits per heavy atom. The minimum absolute atomic E-state index is 0.0119. The Labute approximate surface area is 362 Å². The molecule has 0 aliphatic carbocycles. The Kier molecular flexibility index (Phi) is 10.9. The summed E-state index contributed by atoms with van der Waals surface area (Å²) in [6.45, 7) is 10.9. The molecule has 11 heterocycles. The minimum Gasteiger partial charge on any atom is -0.391 e. The number of aliphatic hydroxyl groups excluding tert-OH is 1. The third kappa shape index (κ3) is 7.28. The highest BCUT2D eigenvalue weighted by Gasteiger charge is 2.69. The molecule has 1 spiro atoms. The zero-order valence-electron chi connectivity index (χ0n) is 35.8. The Morgan fingerprint density at radius 2 is 1.47 bits per heavy atom. The molecule has 11 aliphatic heterocycles. The highest BCUT2D eigenvalue weighted by Crippen LogP contribution is 2.54. The van der Waals surface area contributed by atoms with Crippen LogP contribution in [0.5, 0.6) is 0 Å². The number of hydrogen-bond acceptors (Lipinski definition) is 13. The summed E-state index contributed by atoms with van der Waals surface area (Å²) >= 11 is 0. The minimum atomic E-state index is -1.09. The molecule has 10 saturated heterocycles. The van der Waals surface area contributed by atoms with Crippen molar-refractivity contribution in [3.63, 3.8) is 0 Å². The van der Waals surface area contributed by atoms with Crippen LogP contribution in [0.25, 0.3) is 0 Å². The van der Waals surface area contributed by atoms with Gasteiger partial charge in [0.05, 0.1) is 84.8 Å². The first-order valence-corrected chi connectivity index (χ1v) is 23.3. The van der Waals surface area contributed by atoms with Gasteiger partial charge in [0.15, 0.2) is 5.79 Å². The fourth-order valence-electron chi connectivity index (χ4n) is 12.9. The van der Waals surface area contributed by atoms with Crippen molar-refractivity contribution in [2.75, 3.05) is 13.7 Å². The van der Waals surface area contributed by atoms with E-state index in [0.29, 0.717) is 36.8 Å². The van der Waals surface area contributed by atoms with Crippen LogP contribution >= 0.6 is 0 Å². The molecular formula is C48H61NO13. The number of nitrogens with zero attached hydrogens (tertiary/aromatic N) is 1. The van der Waals surface area contributed by atoms with Crippen molar-refractivity contribution in [3.05, 3.63) is 59.7 Å². The van der Waals surface area contributed by atoms with Crippen LogP contribution in [0.3, 0.4) is 0 Å². The molecule has 1 aromatic rings. The van der Waals surface area contributed by atoms with Gasteiger partial charge in [0.25, 0.3) is 11.8 Å². The maximum atomic E-state index is 14.3. The number of methoxy groups -OCH3 is 1. The Morgan fingerprint density at radius 1 is 0.758 bits per heavy atom. The average Bonchev–Trinajstić information content (AvgIpc) is 3.98. The quantitative estimate of drug-likeness (QED) is 0.319. The first-order valence-electron chi connectivity index (χ1n) is 23.3. The molecule has 11 aliphatic rings. The summed E-state index contributed by atoms with van der Waals surface area (Å²) in [5.41, 5.74) is 2.76. The second-order valence-electron chi connectivity index (χ2n) is 20.0. The predicted molar refractivity (Wildman–Crippen MR) is 219 cm³/mol. The summed E-state index contributed by atoms with van der Waals surface area (Å²) in [6.07, 6.45) is 2.42. The number of aliphatic hydroxyl groups is 1. The maximum Gasteiger partial charge on any atom is 0.261 e. The molecule has 62 heavy (non-hydrogen) atoms. The molecule has 2 amide bonds. The van der Waals surface area contributed by atoms with Crippen molar-refractivity contribution in [2.45, 2.75) is 194 Å². The van der Waals surface area contributed by atoms with Gasteiger partial charge in [0, 0.05) is 51.6 Å². The van der Waals surface area contributed by atoms with Crippen LogP contribution in [0.4, 0.5) is 0 Å². The molecule has 0 saturated carbocycles. The number of ketones is 1. The van der Waals surface area contributed by atoms with Crippen molar-refractivity contribution >= 4 is 17.6 Å². The number of β-amino-alcohol motifs (C(OH)–C–C–N with tert-alkyl or cyclic N) is 1. The van der Waals surface area contributed by atoms with Crippen molar-refractivity contribution in [1.29, 1.82) is 0 Å². The Bertz CT molecular complexity index is 1940. The second-order valence-corrected chi connectivity index (χ2v) is 20.0. The van der Waals surface area contributed by atoms with E-state index < -0.39 is 48.1 Å². The van der Waals surface area contributed by atoms with Crippen LogP contribution in [0, 0.1) is 11.8 Å². The van der Waals surface area contributed by atoms with E-state index >= 15 is 0 Å². The van der Waals surface area contributed by atoms with Gasteiger partial charge in [0.1, 0.15) is 36.3 Å². The van der Waals surface area contributed by atoms with Crippen molar-refractivity contribution < 1.29 is 62.1 Å². The number of fused-ring (bicyclic) bond motifs is 7. The monoisotopic (exact) mass is 859 g/mol. The molecule has 0 aromatic heterocycles. The van der Waals surface area contributed by atoms with Crippen molar-refractivity contribution in [3.8, 4) is 0 Å². The van der Waals surface area contributed by atoms with E-state index in [4.69, 9.17) is 42.6 Å². The lowest BCUT2D eigenvalue weighted by Gasteiger charge is -2.47. The van der Waals surface area contributed by atoms with Crippen LogP contribution in [-0.4, -0.2) is 145 Å². The third-order valence-corrected chi connectivity index (χ3v) is 16.0.